The predicted octanol–water partition coefficient (Wildman–Crippen LogP) is 6.38. The summed E-state index contributed by atoms with van der Waals surface area (Å²) < 4.78 is 0. The minimum Gasteiger partial charge on any atom is -0.0952 e. The summed E-state index contributed by atoms with van der Waals surface area (Å²) in [5.41, 5.74) is 4.73. The Kier molecular flexibility index (Phi) is 8.63. The van der Waals surface area contributed by atoms with Crippen LogP contribution in [0.2, 0.25) is 5.02 Å². The first kappa shape index (κ1) is 16.7. The van der Waals surface area contributed by atoms with Crippen molar-refractivity contribution in [3.63, 3.8) is 0 Å². The molecule has 0 aliphatic heterocycles. The molecule has 0 bridgehead atoms. The Balaban J connectivity index is 0.00000121. The van der Waals surface area contributed by atoms with E-state index in [2.05, 4.69) is 42.4 Å². The quantitative estimate of drug-likeness (QED) is 0.565. The van der Waals surface area contributed by atoms with E-state index in [1.807, 2.05) is 19.9 Å². The van der Waals surface area contributed by atoms with Crippen molar-refractivity contribution in [1.82, 2.24) is 0 Å². The predicted molar refractivity (Wildman–Crippen MR) is 84.1 cm³/mol. The van der Waals surface area contributed by atoms with Gasteiger partial charge in [0, 0.05) is 10.4 Å². The molecule has 0 atom stereocenters. The highest BCUT2D eigenvalue weighted by molar-refractivity contribution is 9.08. The molecule has 0 amide bonds. The van der Waals surface area contributed by atoms with Gasteiger partial charge < -0.3 is 0 Å². The summed E-state index contributed by atoms with van der Waals surface area (Å²) in [4.78, 5) is 0. The van der Waals surface area contributed by atoms with E-state index in [0.29, 0.717) is 0 Å². The van der Waals surface area contributed by atoms with Gasteiger partial charge in [-0.1, -0.05) is 67.4 Å². The van der Waals surface area contributed by atoms with Gasteiger partial charge in [-0.3, -0.25) is 0 Å². The van der Waals surface area contributed by atoms with Gasteiger partial charge in [0.15, 0.2) is 0 Å². The van der Waals surface area contributed by atoms with Gasteiger partial charge >= 0.3 is 0 Å². The number of benzene rings is 1. The standard InChI is InChI=1S/C13H16BrCl.C2H6/c1-4-5-10(3)11-6-9(2)7-13(15)12(11)8-14;1-2/h6-7H,3-5,8H2,1-2H3;1-2H3. The van der Waals surface area contributed by atoms with Crippen LogP contribution in [0.4, 0.5) is 0 Å². The second-order valence-corrected chi connectivity index (χ2v) is 4.73. The number of hydrogen-bond acceptors (Lipinski definition) is 0. The van der Waals surface area contributed by atoms with E-state index in [1.165, 1.54) is 16.7 Å². The van der Waals surface area contributed by atoms with Crippen molar-refractivity contribution in [3.05, 3.63) is 40.4 Å². The van der Waals surface area contributed by atoms with Crippen LogP contribution in [-0.4, -0.2) is 0 Å². The highest BCUT2D eigenvalue weighted by Crippen LogP contribution is 2.30. The summed E-state index contributed by atoms with van der Waals surface area (Å²) in [6.07, 6.45) is 2.14. The molecule has 0 unspecified atom stereocenters. The third kappa shape index (κ3) is 4.85. The minimum atomic E-state index is 0.782. The molecule has 96 valence electrons. The molecule has 0 fully saturated rings. The summed E-state index contributed by atoms with van der Waals surface area (Å²) >= 11 is 9.69. The second-order valence-electron chi connectivity index (χ2n) is 3.76. The normalized spacial score (nSPS) is 9.53. The number of hydrogen-bond donors (Lipinski definition) is 0. The maximum absolute atomic E-state index is 6.21. The zero-order chi connectivity index (χ0) is 13.4. The Bertz CT molecular complexity index is 369. The van der Waals surface area contributed by atoms with E-state index >= 15 is 0 Å². The first-order valence-corrected chi connectivity index (χ1v) is 7.63. The van der Waals surface area contributed by atoms with Crippen molar-refractivity contribution < 1.29 is 0 Å². The lowest BCUT2D eigenvalue weighted by atomic mass is 9.96. The number of aryl methyl sites for hydroxylation is 1. The molecule has 0 saturated heterocycles. The van der Waals surface area contributed by atoms with E-state index in [-0.39, 0.29) is 0 Å². The van der Waals surface area contributed by atoms with Crippen LogP contribution in [0.25, 0.3) is 5.57 Å². The zero-order valence-corrected chi connectivity index (χ0v) is 13.6. The van der Waals surface area contributed by atoms with Crippen molar-refractivity contribution in [1.29, 1.82) is 0 Å². The van der Waals surface area contributed by atoms with Crippen molar-refractivity contribution in [2.75, 3.05) is 0 Å². The van der Waals surface area contributed by atoms with Crippen LogP contribution in [0.5, 0.6) is 0 Å². The van der Waals surface area contributed by atoms with Crippen LogP contribution in [0.1, 0.15) is 50.3 Å². The zero-order valence-electron chi connectivity index (χ0n) is 11.2. The molecule has 0 heterocycles. The maximum Gasteiger partial charge on any atom is 0.0455 e. The Morgan fingerprint density at radius 2 is 1.94 bits per heavy atom. The molecule has 2 heteroatoms. The summed E-state index contributed by atoms with van der Waals surface area (Å²) in [6, 6.07) is 4.17. The van der Waals surface area contributed by atoms with E-state index < -0.39 is 0 Å². The fourth-order valence-corrected chi connectivity index (χ4v) is 2.77. The van der Waals surface area contributed by atoms with Crippen molar-refractivity contribution in [2.24, 2.45) is 0 Å². The van der Waals surface area contributed by atoms with Crippen molar-refractivity contribution >= 4 is 33.1 Å². The van der Waals surface area contributed by atoms with Gasteiger partial charge in [-0.05, 0) is 41.7 Å². The fraction of sp³-hybridized carbons (Fsp3) is 0.467. The molecule has 0 aliphatic rings. The van der Waals surface area contributed by atoms with E-state index in [4.69, 9.17) is 11.6 Å². The Morgan fingerprint density at radius 1 is 1.35 bits per heavy atom. The van der Waals surface area contributed by atoms with Crippen LogP contribution in [0.15, 0.2) is 18.7 Å². The van der Waals surface area contributed by atoms with Gasteiger partial charge in [-0.15, -0.1) is 0 Å². The monoisotopic (exact) mass is 316 g/mol. The van der Waals surface area contributed by atoms with Gasteiger partial charge in [-0.25, -0.2) is 0 Å². The highest BCUT2D eigenvalue weighted by atomic mass is 79.9. The molecule has 17 heavy (non-hydrogen) atoms. The Morgan fingerprint density at radius 3 is 2.41 bits per heavy atom. The third-order valence-corrected chi connectivity index (χ3v) is 3.30. The Labute approximate surface area is 119 Å². The summed E-state index contributed by atoms with van der Waals surface area (Å²) in [7, 11) is 0. The summed E-state index contributed by atoms with van der Waals surface area (Å²) in [6.45, 7) is 12.4. The number of allylic oxidation sites excluding steroid dienone is 1. The average molecular weight is 318 g/mol. The van der Waals surface area contributed by atoms with Gasteiger partial charge in [0.1, 0.15) is 0 Å². The molecule has 0 saturated carbocycles. The SMILES string of the molecule is C=C(CCC)c1cc(C)cc(Cl)c1CBr.CC. The molecular formula is C15H22BrCl. The van der Waals surface area contributed by atoms with E-state index in [9.17, 15) is 0 Å². The van der Waals surface area contributed by atoms with Gasteiger partial charge in [0.25, 0.3) is 0 Å². The molecule has 0 radical (unpaired) electrons. The smallest absolute Gasteiger partial charge is 0.0455 e. The Hall–Kier alpha value is -0.270. The molecular weight excluding hydrogens is 296 g/mol. The van der Waals surface area contributed by atoms with Crippen molar-refractivity contribution in [2.45, 2.75) is 45.9 Å². The first-order valence-electron chi connectivity index (χ1n) is 6.13. The molecule has 0 nitrogen and oxygen atoms in total. The number of rotatable bonds is 4. The van der Waals surface area contributed by atoms with Gasteiger partial charge in [0.2, 0.25) is 0 Å². The van der Waals surface area contributed by atoms with Gasteiger partial charge in [-0.2, -0.15) is 0 Å². The van der Waals surface area contributed by atoms with E-state index in [0.717, 1.165) is 28.8 Å². The molecule has 0 N–H and O–H groups in total. The van der Waals surface area contributed by atoms with Crippen LogP contribution < -0.4 is 0 Å². The van der Waals surface area contributed by atoms with Crippen LogP contribution in [0, 0.1) is 6.92 Å². The molecule has 0 spiro atoms. The lowest BCUT2D eigenvalue weighted by Gasteiger charge is -2.12. The van der Waals surface area contributed by atoms with Crippen molar-refractivity contribution in [3.8, 4) is 0 Å². The molecule has 1 aromatic carbocycles. The number of alkyl halides is 1. The minimum absolute atomic E-state index is 0.782. The van der Waals surface area contributed by atoms with Crippen LogP contribution in [0.3, 0.4) is 0 Å². The summed E-state index contributed by atoms with van der Waals surface area (Å²) in [5, 5.41) is 1.61. The topological polar surface area (TPSA) is 0 Å². The average Bonchev–Trinajstić information content (AvgIpc) is 2.31. The molecule has 1 rings (SSSR count). The molecule has 0 aromatic heterocycles. The van der Waals surface area contributed by atoms with E-state index in [1.54, 1.807) is 0 Å². The highest BCUT2D eigenvalue weighted by Gasteiger charge is 2.09. The maximum atomic E-state index is 6.21. The summed E-state index contributed by atoms with van der Waals surface area (Å²) in [5.74, 6) is 0. The molecule has 0 aliphatic carbocycles. The largest absolute Gasteiger partial charge is 0.0952 e. The number of halogens is 2. The van der Waals surface area contributed by atoms with Crippen LogP contribution >= 0.6 is 27.5 Å². The molecule has 1 aromatic rings. The first-order chi connectivity index (χ1) is 8.10. The lowest BCUT2D eigenvalue weighted by molar-refractivity contribution is 0.973. The van der Waals surface area contributed by atoms with Gasteiger partial charge in [0.05, 0.1) is 0 Å². The second kappa shape index (κ2) is 8.77. The fourth-order valence-electron chi connectivity index (χ4n) is 1.66. The third-order valence-electron chi connectivity index (χ3n) is 2.41. The van der Waals surface area contributed by atoms with Crippen LogP contribution in [-0.2, 0) is 5.33 Å². The lowest BCUT2D eigenvalue weighted by Crippen LogP contribution is -1.93.